The molecule has 0 amide bonds. The highest BCUT2D eigenvalue weighted by Crippen LogP contribution is 2.27. The molecule has 4 aromatic rings. The molecule has 0 unspecified atom stereocenters. The molecule has 9 nitrogen and oxygen atoms in total. The fraction of sp³-hybridized carbons (Fsp3) is 0. The van der Waals surface area contributed by atoms with E-state index in [0.29, 0.717) is 22.6 Å². The summed E-state index contributed by atoms with van der Waals surface area (Å²) in [4.78, 5) is 15.0. The van der Waals surface area contributed by atoms with Crippen LogP contribution in [0.15, 0.2) is 47.3 Å². The average molecular weight is 335 g/mol. The number of aromatic nitrogens is 5. The van der Waals surface area contributed by atoms with Crippen molar-refractivity contribution in [3.8, 4) is 28.4 Å². The van der Waals surface area contributed by atoms with E-state index in [1.54, 1.807) is 36.4 Å². The van der Waals surface area contributed by atoms with Gasteiger partial charge in [0.2, 0.25) is 0 Å². The SMILES string of the molecule is Nc1cc(-c2nnc3[nH]c(=O)c(-c4ccccc4N)nn23)ccc1O. The first-order chi connectivity index (χ1) is 12.0. The van der Waals surface area contributed by atoms with Crippen LogP contribution in [0.1, 0.15) is 0 Å². The fourth-order valence-corrected chi connectivity index (χ4v) is 2.52. The third-order valence-corrected chi connectivity index (χ3v) is 3.78. The fourth-order valence-electron chi connectivity index (χ4n) is 2.52. The summed E-state index contributed by atoms with van der Waals surface area (Å²) in [6.45, 7) is 0. The molecule has 4 rings (SSSR count). The monoisotopic (exact) mass is 335 g/mol. The Bertz CT molecular complexity index is 1160. The van der Waals surface area contributed by atoms with Crippen molar-refractivity contribution in [1.29, 1.82) is 0 Å². The molecule has 0 bridgehead atoms. The lowest BCUT2D eigenvalue weighted by molar-refractivity contribution is 0.478. The summed E-state index contributed by atoms with van der Waals surface area (Å²) in [5, 5.41) is 21.9. The Kier molecular flexibility index (Phi) is 3.14. The van der Waals surface area contributed by atoms with Crippen LogP contribution in [-0.4, -0.2) is 29.9 Å². The van der Waals surface area contributed by atoms with Crippen molar-refractivity contribution in [2.45, 2.75) is 0 Å². The van der Waals surface area contributed by atoms with Gasteiger partial charge in [0.1, 0.15) is 5.75 Å². The molecular formula is C16H13N7O2. The highest BCUT2D eigenvalue weighted by atomic mass is 16.3. The van der Waals surface area contributed by atoms with Crippen LogP contribution in [0.5, 0.6) is 5.75 Å². The maximum absolute atomic E-state index is 12.3. The molecule has 2 aromatic heterocycles. The van der Waals surface area contributed by atoms with Gasteiger partial charge in [-0.05, 0) is 24.3 Å². The Morgan fingerprint density at radius 2 is 1.84 bits per heavy atom. The molecule has 9 heteroatoms. The number of phenols is 1. The molecule has 0 spiro atoms. The van der Waals surface area contributed by atoms with Gasteiger partial charge >= 0.3 is 0 Å². The summed E-state index contributed by atoms with van der Waals surface area (Å²) in [5.41, 5.74) is 13.1. The van der Waals surface area contributed by atoms with Crippen LogP contribution in [0.2, 0.25) is 0 Å². The quantitative estimate of drug-likeness (QED) is 0.315. The molecule has 124 valence electrons. The van der Waals surface area contributed by atoms with Crippen molar-refractivity contribution in [2.75, 3.05) is 11.5 Å². The number of aromatic hydroxyl groups is 1. The summed E-state index contributed by atoms with van der Waals surface area (Å²) in [7, 11) is 0. The van der Waals surface area contributed by atoms with Crippen molar-refractivity contribution in [2.24, 2.45) is 0 Å². The van der Waals surface area contributed by atoms with Crippen molar-refractivity contribution >= 4 is 17.2 Å². The van der Waals surface area contributed by atoms with E-state index in [4.69, 9.17) is 11.5 Å². The number of anilines is 2. The van der Waals surface area contributed by atoms with Gasteiger partial charge in [-0.3, -0.25) is 9.78 Å². The molecule has 0 aliphatic rings. The second kappa shape index (κ2) is 5.34. The second-order valence-electron chi connectivity index (χ2n) is 5.42. The Labute approximate surface area is 140 Å². The summed E-state index contributed by atoms with van der Waals surface area (Å²) >= 11 is 0. The number of aromatic amines is 1. The minimum atomic E-state index is -0.422. The molecular weight excluding hydrogens is 322 g/mol. The van der Waals surface area contributed by atoms with E-state index < -0.39 is 5.56 Å². The smallest absolute Gasteiger partial charge is 0.279 e. The molecule has 0 radical (unpaired) electrons. The van der Waals surface area contributed by atoms with E-state index in [9.17, 15) is 9.90 Å². The number of para-hydroxylation sites is 1. The number of rotatable bonds is 2. The first kappa shape index (κ1) is 14.7. The molecule has 2 heterocycles. The van der Waals surface area contributed by atoms with Crippen LogP contribution in [0.25, 0.3) is 28.4 Å². The summed E-state index contributed by atoms with van der Waals surface area (Å²) in [6, 6.07) is 11.6. The number of H-pyrrole nitrogens is 1. The minimum Gasteiger partial charge on any atom is -0.506 e. The zero-order chi connectivity index (χ0) is 17.6. The first-order valence-electron chi connectivity index (χ1n) is 7.34. The van der Waals surface area contributed by atoms with Crippen LogP contribution < -0.4 is 17.0 Å². The Morgan fingerprint density at radius 1 is 1.04 bits per heavy atom. The predicted molar refractivity (Wildman–Crippen MR) is 92.8 cm³/mol. The Hall–Kier alpha value is -3.88. The van der Waals surface area contributed by atoms with Gasteiger partial charge in [-0.15, -0.1) is 10.2 Å². The standard InChI is InChI=1S/C16H13N7O2/c17-10-4-2-1-3-9(10)13-15(25)19-16-21-20-14(23(16)22-13)8-5-6-12(24)11(18)7-8/h1-7,24H,17-18H2,(H,19,21,25). The predicted octanol–water partition coefficient (Wildman–Crippen LogP) is 1.02. The Morgan fingerprint density at radius 3 is 2.60 bits per heavy atom. The highest BCUT2D eigenvalue weighted by molar-refractivity contribution is 5.73. The maximum atomic E-state index is 12.3. The van der Waals surface area contributed by atoms with E-state index in [1.807, 2.05) is 0 Å². The van der Waals surface area contributed by atoms with E-state index in [-0.39, 0.29) is 22.9 Å². The number of nitrogen functional groups attached to an aromatic ring is 2. The van der Waals surface area contributed by atoms with E-state index >= 15 is 0 Å². The van der Waals surface area contributed by atoms with Gasteiger partial charge in [0, 0.05) is 16.8 Å². The zero-order valence-corrected chi connectivity index (χ0v) is 12.8. The van der Waals surface area contributed by atoms with Gasteiger partial charge in [-0.2, -0.15) is 9.61 Å². The third-order valence-electron chi connectivity index (χ3n) is 3.78. The third kappa shape index (κ3) is 2.34. The highest BCUT2D eigenvalue weighted by Gasteiger charge is 2.16. The summed E-state index contributed by atoms with van der Waals surface area (Å²) in [6.07, 6.45) is 0. The number of nitrogens with two attached hydrogens (primary N) is 2. The summed E-state index contributed by atoms with van der Waals surface area (Å²) in [5.74, 6) is 0.523. The van der Waals surface area contributed by atoms with Crippen molar-refractivity contribution in [1.82, 2.24) is 24.8 Å². The van der Waals surface area contributed by atoms with Crippen LogP contribution in [0, 0.1) is 0 Å². The molecule has 0 aliphatic heterocycles. The van der Waals surface area contributed by atoms with E-state index in [2.05, 4.69) is 20.3 Å². The van der Waals surface area contributed by atoms with Gasteiger partial charge in [0.25, 0.3) is 11.3 Å². The molecule has 25 heavy (non-hydrogen) atoms. The molecule has 6 N–H and O–H groups in total. The zero-order valence-electron chi connectivity index (χ0n) is 12.8. The van der Waals surface area contributed by atoms with Gasteiger partial charge in [0.05, 0.1) is 5.69 Å². The number of fused-ring (bicyclic) bond motifs is 1. The van der Waals surface area contributed by atoms with Gasteiger partial charge in [-0.1, -0.05) is 18.2 Å². The van der Waals surface area contributed by atoms with Crippen LogP contribution in [0.4, 0.5) is 11.4 Å². The van der Waals surface area contributed by atoms with Crippen molar-refractivity contribution in [3.63, 3.8) is 0 Å². The van der Waals surface area contributed by atoms with Gasteiger partial charge in [0.15, 0.2) is 11.5 Å². The number of phenolic OH excluding ortho intramolecular Hbond substituents is 1. The molecule has 2 aromatic carbocycles. The van der Waals surface area contributed by atoms with Gasteiger partial charge in [-0.25, -0.2) is 0 Å². The largest absolute Gasteiger partial charge is 0.506 e. The van der Waals surface area contributed by atoms with Crippen LogP contribution in [-0.2, 0) is 0 Å². The number of nitrogens with zero attached hydrogens (tertiary/aromatic N) is 4. The first-order valence-corrected chi connectivity index (χ1v) is 7.34. The lowest BCUT2D eigenvalue weighted by atomic mass is 10.1. The topological polar surface area (TPSA) is 148 Å². The maximum Gasteiger partial charge on any atom is 0.279 e. The number of benzene rings is 2. The van der Waals surface area contributed by atoms with Crippen LogP contribution >= 0.6 is 0 Å². The molecule has 0 fully saturated rings. The summed E-state index contributed by atoms with van der Waals surface area (Å²) < 4.78 is 1.40. The lowest BCUT2D eigenvalue weighted by Crippen LogP contribution is -2.16. The molecule has 0 aliphatic carbocycles. The average Bonchev–Trinajstić information content (AvgIpc) is 3.00. The second-order valence-corrected chi connectivity index (χ2v) is 5.42. The normalized spacial score (nSPS) is 11.0. The van der Waals surface area contributed by atoms with E-state index in [1.165, 1.54) is 10.6 Å². The number of hydrogen-bond donors (Lipinski definition) is 4. The van der Waals surface area contributed by atoms with Crippen molar-refractivity contribution in [3.05, 3.63) is 52.8 Å². The molecule has 0 atom stereocenters. The Balaban J connectivity index is 1.97. The lowest BCUT2D eigenvalue weighted by Gasteiger charge is -2.06. The molecule has 0 saturated heterocycles. The molecule has 0 saturated carbocycles. The van der Waals surface area contributed by atoms with Crippen LogP contribution in [0.3, 0.4) is 0 Å². The number of nitrogens with one attached hydrogen (secondary N) is 1. The van der Waals surface area contributed by atoms with E-state index in [0.717, 1.165) is 0 Å². The van der Waals surface area contributed by atoms with Crippen molar-refractivity contribution < 1.29 is 5.11 Å². The van der Waals surface area contributed by atoms with Gasteiger partial charge < -0.3 is 16.6 Å². The number of hydrogen-bond acceptors (Lipinski definition) is 7. The minimum absolute atomic E-state index is 0.0308.